The molecule has 1 rings (SSSR count). The molecule has 0 aliphatic heterocycles. The molecule has 0 amide bonds. The van der Waals surface area contributed by atoms with Gasteiger partial charge in [0.05, 0.1) is 6.61 Å². The Kier molecular flexibility index (Phi) is 3.34. The van der Waals surface area contributed by atoms with E-state index in [1.54, 1.807) is 0 Å². The smallest absolute Gasteiger partial charge is 0.0692 e. The number of benzene rings is 1. The van der Waals surface area contributed by atoms with Crippen LogP contribution in [0.5, 0.6) is 0 Å². The second-order valence-corrected chi connectivity index (χ2v) is 3.88. The molecule has 66 valence electrons. The minimum absolute atomic E-state index is 0.111. The molecule has 0 atom stereocenters. The Labute approximate surface area is 86.3 Å². The Hall–Kier alpha value is -0.290. The summed E-state index contributed by atoms with van der Waals surface area (Å²) in [7, 11) is 4.00. The maximum atomic E-state index is 9.00. The van der Waals surface area contributed by atoms with Crippen LogP contribution in [0, 0.1) is 3.57 Å². The lowest BCUT2D eigenvalue weighted by atomic mass is 10.2. The minimum Gasteiger partial charge on any atom is -0.392 e. The summed E-state index contributed by atoms with van der Waals surface area (Å²) in [6.45, 7) is 0.111. The largest absolute Gasteiger partial charge is 0.392 e. The normalized spacial score (nSPS) is 10.0. The number of aliphatic hydroxyl groups excluding tert-OH is 1. The lowest BCUT2D eigenvalue weighted by Crippen LogP contribution is -2.11. The van der Waals surface area contributed by atoms with Gasteiger partial charge >= 0.3 is 0 Å². The molecule has 0 saturated heterocycles. The molecule has 1 N–H and O–H groups in total. The average molecular weight is 277 g/mol. The third kappa shape index (κ3) is 1.90. The van der Waals surface area contributed by atoms with Gasteiger partial charge in [-0.1, -0.05) is 12.1 Å². The van der Waals surface area contributed by atoms with E-state index in [1.807, 2.05) is 37.2 Å². The number of anilines is 1. The quantitative estimate of drug-likeness (QED) is 0.834. The van der Waals surface area contributed by atoms with Gasteiger partial charge in [0.25, 0.3) is 0 Å². The third-order valence-corrected chi connectivity index (χ3v) is 2.96. The van der Waals surface area contributed by atoms with E-state index in [4.69, 9.17) is 5.11 Å². The van der Waals surface area contributed by atoms with E-state index >= 15 is 0 Å². The number of hydrogen-bond donors (Lipinski definition) is 1. The first-order chi connectivity index (χ1) is 5.66. The van der Waals surface area contributed by atoms with E-state index in [9.17, 15) is 0 Å². The van der Waals surface area contributed by atoms with Crippen molar-refractivity contribution >= 4 is 28.3 Å². The van der Waals surface area contributed by atoms with Crippen LogP contribution >= 0.6 is 22.6 Å². The first-order valence-electron chi connectivity index (χ1n) is 3.72. The van der Waals surface area contributed by atoms with E-state index in [0.29, 0.717) is 0 Å². The Morgan fingerprint density at radius 2 is 2.08 bits per heavy atom. The maximum Gasteiger partial charge on any atom is 0.0692 e. The summed E-state index contributed by atoms with van der Waals surface area (Å²) < 4.78 is 1.13. The van der Waals surface area contributed by atoms with Gasteiger partial charge in [0.2, 0.25) is 0 Å². The van der Waals surface area contributed by atoms with Crippen molar-refractivity contribution in [2.45, 2.75) is 6.61 Å². The molecule has 0 aromatic heterocycles. The first kappa shape index (κ1) is 9.80. The lowest BCUT2D eigenvalue weighted by molar-refractivity contribution is 0.281. The molecular formula is C9H12INO. The maximum absolute atomic E-state index is 9.00. The Bertz CT molecular complexity index is 273. The molecule has 0 fully saturated rings. The van der Waals surface area contributed by atoms with Crippen LogP contribution in [0.25, 0.3) is 0 Å². The highest BCUT2D eigenvalue weighted by atomic mass is 127. The fourth-order valence-electron chi connectivity index (χ4n) is 1.03. The highest BCUT2D eigenvalue weighted by Gasteiger charge is 2.04. The van der Waals surface area contributed by atoms with Gasteiger partial charge < -0.3 is 10.0 Å². The van der Waals surface area contributed by atoms with Crippen LogP contribution in [0.3, 0.4) is 0 Å². The average Bonchev–Trinajstić information content (AvgIpc) is 2.04. The van der Waals surface area contributed by atoms with Gasteiger partial charge in [0, 0.05) is 23.4 Å². The summed E-state index contributed by atoms with van der Waals surface area (Å²) in [6, 6.07) is 5.94. The fourth-order valence-corrected chi connectivity index (χ4v) is 2.05. The zero-order valence-corrected chi connectivity index (χ0v) is 9.37. The fraction of sp³-hybridized carbons (Fsp3) is 0.333. The highest BCUT2D eigenvalue weighted by Crippen LogP contribution is 2.23. The van der Waals surface area contributed by atoms with Gasteiger partial charge in [-0.3, -0.25) is 0 Å². The summed E-state index contributed by atoms with van der Waals surface area (Å²) in [5.41, 5.74) is 2.14. The molecule has 1 aromatic rings. The summed E-state index contributed by atoms with van der Waals surface area (Å²) in [5.74, 6) is 0. The molecule has 0 heterocycles. The zero-order chi connectivity index (χ0) is 9.14. The van der Waals surface area contributed by atoms with Crippen molar-refractivity contribution in [3.63, 3.8) is 0 Å². The predicted molar refractivity (Wildman–Crippen MR) is 59.4 cm³/mol. The summed E-state index contributed by atoms with van der Waals surface area (Å²) in [6.07, 6.45) is 0. The summed E-state index contributed by atoms with van der Waals surface area (Å²) in [5, 5.41) is 9.00. The molecule has 0 saturated carbocycles. The van der Waals surface area contributed by atoms with Crippen molar-refractivity contribution in [1.29, 1.82) is 0 Å². The van der Waals surface area contributed by atoms with E-state index in [-0.39, 0.29) is 6.61 Å². The number of aliphatic hydroxyl groups is 1. The van der Waals surface area contributed by atoms with Gasteiger partial charge in [-0.2, -0.15) is 0 Å². The number of halogens is 1. The second kappa shape index (κ2) is 4.09. The van der Waals surface area contributed by atoms with Crippen LogP contribution in [0.4, 0.5) is 5.69 Å². The monoisotopic (exact) mass is 277 g/mol. The summed E-state index contributed by atoms with van der Waals surface area (Å²) >= 11 is 2.25. The molecule has 0 aliphatic carbocycles. The van der Waals surface area contributed by atoms with Crippen LogP contribution in [0.1, 0.15) is 5.56 Å². The SMILES string of the molecule is CN(C)c1cccc(CO)c1I. The third-order valence-electron chi connectivity index (χ3n) is 1.71. The van der Waals surface area contributed by atoms with Gasteiger partial charge in [-0.25, -0.2) is 0 Å². The van der Waals surface area contributed by atoms with Gasteiger partial charge in [0.15, 0.2) is 0 Å². The summed E-state index contributed by atoms with van der Waals surface area (Å²) in [4.78, 5) is 2.04. The van der Waals surface area contributed by atoms with Gasteiger partial charge in [0.1, 0.15) is 0 Å². The van der Waals surface area contributed by atoms with Crippen molar-refractivity contribution < 1.29 is 5.11 Å². The molecule has 0 aliphatic rings. The molecule has 12 heavy (non-hydrogen) atoms. The first-order valence-corrected chi connectivity index (χ1v) is 4.80. The molecule has 2 nitrogen and oxygen atoms in total. The Morgan fingerprint density at radius 1 is 1.42 bits per heavy atom. The van der Waals surface area contributed by atoms with Crippen LogP contribution < -0.4 is 4.90 Å². The van der Waals surface area contributed by atoms with E-state index < -0.39 is 0 Å². The molecule has 1 aromatic carbocycles. The van der Waals surface area contributed by atoms with Crippen molar-refractivity contribution in [2.75, 3.05) is 19.0 Å². The number of rotatable bonds is 2. The molecule has 3 heteroatoms. The van der Waals surface area contributed by atoms with Crippen LogP contribution in [0.15, 0.2) is 18.2 Å². The molecular weight excluding hydrogens is 265 g/mol. The second-order valence-electron chi connectivity index (χ2n) is 2.80. The zero-order valence-electron chi connectivity index (χ0n) is 7.21. The van der Waals surface area contributed by atoms with Crippen molar-refractivity contribution in [3.8, 4) is 0 Å². The van der Waals surface area contributed by atoms with E-state index in [0.717, 1.165) is 14.8 Å². The topological polar surface area (TPSA) is 23.5 Å². The van der Waals surface area contributed by atoms with Gasteiger partial charge in [-0.15, -0.1) is 0 Å². The number of nitrogens with zero attached hydrogens (tertiary/aromatic N) is 1. The van der Waals surface area contributed by atoms with Crippen molar-refractivity contribution in [1.82, 2.24) is 0 Å². The minimum atomic E-state index is 0.111. The molecule has 0 spiro atoms. The van der Waals surface area contributed by atoms with Crippen molar-refractivity contribution in [3.05, 3.63) is 27.3 Å². The van der Waals surface area contributed by atoms with Gasteiger partial charge in [-0.05, 0) is 34.2 Å². The van der Waals surface area contributed by atoms with Crippen LogP contribution in [-0.2, 0) is 6.61 Å². The van der Waals surface area contributed by atoms with Crippen LogP contribution in [0.2, 0.25) is 0 Å². The standard InChI is InChI=1S/C9H12INO/c1-11(2)8-5-3-4-7(6-12)9(8)10/h3-5,12H,6H2,1-2H3. The van der Waals surface area contributed by atoms with E-state index in [1.165, 1.54) is 0 Å². The lowest BCUT2D eigenvalue weighted by Gasteiger charge is -2.15. The number of hydrogen-bond acceptors (Lipinski definition) is 2. The molecule has 0 bridgehead atoms. The Balaban J connectivity index is 3.14. The predicted octanol–water partition coefficient (Wildman–Crippen LogP) is 1.85. The Morgan fingerprint density at radius 3 is 2.58 bits per heavy atom. The van der Waals surface area contributed by atoms with E-state index in [2.05, 4.69) is 22.6 Å². The highest BCUT2D eigenvalue weighted by molar-refractivity contribution is 14.1. The molecule has 0 unspecified atom stereocenters. The van der Waals surface area contributed by atoms with Crippen molar-refractivity contribution in [2.24, 2.45) is 0 Å². The molecule has 0 radical (unpaired) electrons. The van der Waals surface area contributed by atoms with Crippen LogP contribution in [-0.4, -0.2) is 19.2 Å².